The molecule has 0 bridgehead atoms. The van der Waals surface area contributed by atoms with E-state index in [4.69, 9.17) is 0 Å². The topological polar surface area (TPSA) is 79.3 Å². The minimum Gasteiger partial charge on any atom is -0.353 e. The third-order valence-electron chi connectivity index (χ3n) is 4.72. The molecule has 27 heavy (non-hydrogen) atoms. The molecule has 142 valence electrons. The Balaban J connectivity index is 1.94. The van der Waals surface area contributed by atoms with Gasteiger partial charge in [-0.2, -0.15) is 5.10 Å². The monoisotopic (exact) mass is 367 g/mol. The number of hydrogen-bond donors (Lipinski definition) is 2. The molecule has 1 aromatic carbocycles. The van der Waals surface area contributed by atoms with E-state index in [1.54, 1.807) is 6.08 Å². The van der Waals surface area contributed by atoms with Crippen LogP contribution in [0.1, 0.15) is 23.0 Å². The molecule has 1 aliphatic heterocycles. The van der Waals surface area contributed by atoms with Crippen molar-refractivity contribution in [1.82, 2.24) is 25.3 Å². The van der Waals surface area contributed by atoms with E-state index < -0.39 is 6.04 Å². The molecule has 7 nitrogen and oxygen atoms in total. The quantitative estimate of drug-likeness (QED) is 0.754. The summed E-state index contributed by atoms with van der Waals surface area (Å²) in [4.78, 5) is 26.8. The number of para-hydroxylation sites is 1. The lowest BCUT2D eigenvalue weighted by Gasteiger charge is -2.34. The Morgan fingerprint density at radius 1 is 1.37 bits per heavy atom. The Bertz CT molecular complexity index is 844. The molecule has 0 spiro atoms. The first-order chi connectivity index (χ1) is 13.0. The molecule has 0 aliphatic carbocycles. The van der Waals surface area contributed by atoms with Gasteiger partial charge in [-0.05, 0) is 26.0 Å². The zero-order valence-corrected chi connectivity index (χ0v) is 15.7. The van der Waals surface area contributed by atoms with E-state index in [0.717, 1.165) is 22.6 Å². The number of carbonyl (C=O) groups excluding carboxylic acids is 2. The summed E-state index contributed by atoms with van der Waals surface area (Å²) < 4.78 is 1.85. The second-order valence-corrected chi connectivity index (χ2v) is 6.59. The summed E-state index contributed by atoms with van der Waals surface area (Å²) in [5.41, 5.74) is 3.48. The van der Waals surface area contributed by atoms with Gasteiger partial charge in [0.05, 0.1) is 17.9 Å². The number of rotatable bonds is 6. The maximum Gasteiger partial charge on any atom is 0.242 e. The summed E-state index contributed by atoms with van der Waals surface area (Å²) in [7, 11) is 0. The van der Waals surface area contributed by atoms with Crippen molar-refractivity contribution in [3.8, 4) is 5.69 Å². The number of piperazine rings is 1. The Hall–Kier alpha value is -2.93. The van der Waals surface area contributed by atoms with Crippen LogP contribution < -0.4 is 10.6 Å². The third-order valence-corrected chi connectivity index (χ3v) is 4.72. The van der Waals surface area contributed by atoms with Crippen LogP contribution in [-0.4, -0.2) is 52.7 Å². The van der Waals surface area contributed by atoms with Crippen LogP contribution in [-0.2, 0) is 9.59 Å². The number of nitrogens with one attached hydrogen (secondary N) is 2. The molecule has 7 heteroatoms. The van der Waals surface area contributed by atoms with Gasteiger partial charge >= 0.3 is 0 Å². The van der Waals surface area contributed by atoms with Crippen LogP contribution in [0.5, 0.6) is 0 Å². The number of benzene rings is 1. The first-order valence-electron chi connectivity index (χ1n) is 9.03. The van der Waals surface area contributed by atoms with Crippen molar-refractivity contribution in [1.29, 1.82) is 0 Å². The minimum absolute atomic E-state index is 0.100. The van der Waals surface area contributed by atoms with Crippen molar-refractivity contribution in [3.63, 3.8) is 0 Å². The van der Waals surface area contributed by atoms with E-state index in [0.29, 0.717) is 19.6 Å². The number of nitrogens with zero attached hydrogens (tertiary/aromatic N) is 3. The van der Waals surface area contributed by atoms with Crippen LogP contribution >= 0.6 is 0 Å². The molecule has 2 N–H and O–H groups in total. The van der Waals surface area contributed by atoms with Gasteiger partial charge in [0.15, 0.2) is 0 Å². The number of hydrogen-bond acceptors (Lipinski definition) is 4. The zero-order chi connectivity index (χ0) is 19.4. The molecular weight excluding hydrogens is 342 g/mol. The molecular formula is C20H25N5O2. The summed E-state index contributed by atoms with van der Waals surface area (Å²) in [6, 6.07) is 9.28. The lowest BCUT2D eigenvalue weighted by atomic mass is 10.00. The lowest BCUT2D eigenvalue weighted by molar-refractivity contribution is -0.131. The smallest absolute Gasteiger partial charge is 0.242 e. The Labute approximate surface area is 159 Å². The first kappa shape index (κ1) is 18.8. The van der Waals surface area contributed by atoms with Crippen LogP contribution in [0.2, 0.25) is 0 Å². The van der Waals surface area contributed by atoms with E-state index in [1.807, 2.05) is 53.8 Å². The molecule has 1 atom stereocenters. The van der Waals surface area contributed by atoms with E-state index in [9.17, 15) is 9.59 Å². The molecule has 2 amide bonds. The molecule has 0 saturated carbocycles. The second kappa shape index (κ2) is 8.18. The number of aromatic nitrogens is 2. The summed E-state index contributed by atoms with van der Waals surface area (Å²) in [6.45, 7) is 9.16. The SMILES string of the molecule is C=CCNC(=O)CN1CCNC(=O)C1c1c(C)nn(-c2ccccc2)c1C. The van der Waals surface area contributed by atoms with Gasteiger partial charge in [-0.3, -0.25) is 14.5 Å². The lowest BCUT2D eigenvalue weighted by Crippen LogP contribution is -2.52. The summed E-state index contributed by atoms with van der Waals surface area (Å²) in [6.07, 6.45) is 1.64. The van der Waals surface area contributed by atoms with Crippen LogP contribution in [0.3, 0.4) is 0 Å². The van der Waals surface area contributed by atoms with Crippen molar-refractivity contribution in [2.24, 2.45) is 0 Å². The molecule has 1 saturated heterocycles. The summed E-state index contributed by atoms with van der Waals surface area (Å²) in [5, 5.41) is 10.3. The molecule has 2 heterocycles. The van der Waals surface area contributed by atoms with Crippen LogP contribution in [0.25, 0.3) is 5.69 Å². The van der Waals surface area contributed by atoms with Crippen molar-refractivity contribution >= 4 is 11.8 Å². The minimum atomic E-state index is -0.536. The van der Waals surface area contributed by atoms with E-state index >= 15 is 0 Å². The van der Waals surface area contributed by atoms with Crippen LogP contribution in [0, 0.1) is 13.8 Å². The maximum atomic E-state index is 12.7. The highest BCUT2D eigenvalue weighted by molar-refractivity contribution is 5.86. The predicted molar refractivity (Wildman–Crippen MR) is 104 cm³/mol. The molecule has 1 fully saturated rings. The molecule has 1 aromatic heterocycles. The van der Waals surface area contributed by atoms with Gasteiger partial charge in [0, 0.05) is 30.9 Å². The Morgan fingerprint density at radius 2 is 2.11 bits per heavy atom. The van der Waals surface area contributed by atoms with Gasteiger partial charge in [0.2, 0.25) is 11.8 Å². The standard InChI is InChI=1S/C20H25N5O2/c1-4-10-21-17(26)13-24-12-11-22-20(27)19(24)18-14(2)23-25(15(18)3)16-8-6-5-7-9-16/h4-9,19H,1,10-13H2,2-3H3,(H,21,26)(H,22,27). The number of carbonyl (C=O) groups is 2. The fraction of sp³-hybridized carbons (Fsp3) is 0.350. The largest absolute Gasteiger partial charge is 0.353 e. The average Bonchev–Trinajstić information content (AvgIpc) is 2.95. The normalized spacial score (nSPS) is 17.4. The molecule has 0 radical (unpaired) electrons. The summed E-state index contributed by atoms with van der Waals surface area (Å²) >= 11 is 0. The second-order valence-electron chi connectivity index (χ2n) is 6.59. The van der Waals surface area contributed by atoms with Gasteiger partial charge in [0.1, 0.15) is 6.04 Å². The highest BCUT2D eigenvalue weighted by atomic mass is 16.2. The predicted octanol–water partition coefficient (Wildman–Crippen LogP) is 1.26. The van der Waals surface area contributed by atoms with Gasteiger partial charge < -0.3 is 10.6 Å². The molecule has 1 unspecified atom stereocenters. The van der Waals surface area contributed by atoms with Crippen molar-refractivity contribution < 1.29 is 9.59 Å². The van der Waals surface area contributed by atoms with Gasteiger partial charge in [-0.25, -0.2) is 4.68 Å². The summed E-state index contributed by atoms with van der Waals surface area (Å²) in [5.74, 6) is -0.225. The van der Waals surface area contributed by atoms with E-state index in [2.05, 4.69) is 22.3 Å². The fourth-order valence-electron chi connectivity index (χ4n) is 3.50. The van der Waals surface area contributed by atoms with Crippen LogP contribution in [0.4, 0.5) is 0 Å². The van der Waals surface area contributed by atoms with E-state index in [1.165, 1.54) is 0 Å². The zero-order valence-electron chi connectivity index (χ0n) is 15.7. The van der Waals surface area contributed by atoms with Crippen molar-refractivity contribution in [2.75, 3.05) is 26.2 Å². The number of aryl methyl sites for hydroxylation is 1. The number of amides is 2. The first-order valence-corrected chi connectivity index (χ1v) is 9.03. The van der Waals surface area contributed by atoms with Gasteiger partial charge in [-0.1, -0.05) is 24.3 Å². The fourth-order valence-corrected chi connectivity index (χ4v) is 3.50. The maximum absolute atomic E-state index is 12.7. The highest BCUT2D eigenvalue weighted by Gasteiger charge is 2.36. The Morgan fingerprint density at radius 3 is 2.81 bits per heavy atom. The van der Waals surface area contributed by atoms with Gasteiger partial charge in [-0.15, -0.1) is 6.58 Å². The Kier molecular flexibility index (Phi) is 5.71. The van der Waals surface area contributed by atoms with Crippen LogP contribution in [0.15, 0.2) is 43.0 Å². The van der Waals surface area contributed by atoms with E-state index in [-0.39, 0.29) is 18.4 Å². The molecule has 3 rings (SSSR count). The highest BCUT2D eigenvalue weighted by Crippen LogP contribution is 2.30. The average molecular weight is 367 g/mol. The van der Waals surface area contributed by atoms with Crippen molar-refractivity contribution in [3.05, 3.63) is 59.9 Å². The molecule has 2 aromatic rings. The third kappa shape index (κ3) is 3.93. The molecule has 1 aliphatic rings. The van der Waals surface area contributed by atoms with Gasteiger partial charge in [0.25, 0.3) is 0 Å². The van der Waals surface area contributed by atoms with Crippen molar-refractivity contribution in [2.45, 2.75) is 19.9 Å².